The van der Waals surface area contributed by atoms with Gasteiger partial charge in [-0.05, 0) is 31.7 Å². The van der Waals surface area contributed by atoms with Crippen molar-refractivity contribution in [2.75, 3.05) is 20.6 Å². The van der Waals surface area contributed by atoms with Crippen molar-refractivity contribution in [1.82, 2.24) is 15.2 Å². The Morgan fingerprint density at radius 3 is 2.53 bits per heavy atom. The second-order valence-corrected chi connectivity index (χ2v) is 4.36. The third-order valence-corrected chi connectivity index (χ3v) is 3.05. The Labute approximate surface area is 103 Å². The molecular formula is C13H21N3O. The standard InChI is InChI=1S/C13H21N3O/c1-10(9-14-3)13(17)16(4)11(2)12-5-7-15-8-6-12/h5-8,10-11,14H,9H2,1-4H3. The average Bonchev–Trinajstić information content (AvgIpc) is 2.37. The van der Waals surface area contributed by atoms with Crippen LogP contribution in [0, 0.1) is 5.92 Å². The van der Waals surface area contributed by atoms with Crippen molar-refractivity contribution in [3.63, 3.8) is 0 Å². The van der Waals surface area contributed by atoms with Gasteiger partial charge in [0.15, 0.2) is 0 Å². The van der Waals surface area contributed by atoms with Gasteiger partial charge in [-0.2, -0.15) is 0 Å². The maximum Gasteiger partial charge on any atom is 0.226 e. The molecule has 0 aromatic carbocycles. The van der Waals surface area contributed by atoms with E-state index in [2.05, 4.69) is 10.3 Å². The van der Waals surface area contributed by atoms with Crippen LogP contribution < -0.4 is 5.32 Å². The van der Waals surface area contributed by atoms with Crippen LogP contribution in [-0.2, 0) is 4.79 Å². The Kier molecular flexibility index (Phi) is 5.10. The molecule has 0 aliphatic rings. The molecule has 4 heteroatoms. The molecule has 1 N–H and O–H groups in total. The summed E-state index contributed by atoms with van der Waals surface area (Å²) in [4.78, 5) is 17.9. The number of amides is 1. The highest BCUT2D eigenvalue weighted by molar-refractivity contribution is 5.78. The molecule has 2 atom stereocenters. The molecule has 1 amide bonds. The van der Waals surface area contributed by atoms with Gasteiger partial charge in [-0.1, -0.05) is 6.92 Å². The quantitative estimate of drug-likeness (QED) is 0.840. The van der Waals surface area contributed by atoms with E-state index in [0.717, 1.165) is 5.56 Å². The number of carbonyl (C=O) groups excluding carboxylic acids is 1. The number of hydrogen-bond donors (Lipinski definition) is 1. The molecule has 0 aliphatic carbocycles. The molecule has 0 fully saturated rings. The minimum Gasteiger partial charge on any atom is -0.339 e. The van der Waals surface area contributed by atoms with Gasteiger partial charge in [0.1, 0.15) is 0 Å². The summed E-state index contributed by atoms with van der Waals surface area (Å²) >= 11 is 0. The van der Waals surface area contributed by atoms with E-state index in [1.165, 1.54) is 0 Å². The Bertz CT molecular complexity index is 353. The molecule has 0 spiro atoms. The molecule has 1 rings (SSSR count). The molecule has 0 radical (unpaired) electrons. The van der Waals surface area contributed by atoms with Gasteiger partial charge < -0.3 is 10.2 Å². The molecule has 94 valence electrons. The van der Waals surface area contributed by atoms with Gasteiger partial charge in [0.05, 0.1) is 6.04 Å². The first-order chi connectivity index (χ1) is 8.07. The Morgan fingerprint density at radius 2 is 2.00 bits per heavy atom. The second-order valence-electron chi connectivity index (χ2n) is 4.36. The topological polar surface area (TPSA) is 45.2 Å². The summed E-state index contributed by atoms with van der Waals surface area (Å²) in [6, 6.07) is 3.96. The maximum absolute atomic E-state index is 12.1. The molecule has 17 heavy (non-hydrogen) atoms. The molecule has 4 nitrogen and oxygen atoms in total. The van der Waals surface area contributed by atoms with E-state index >= 15 is 0 Å². The zero-order chi connectivity index (χ0) is 12.8. The summed E-state index contributed by atoms with van der Waals surface area (Å²) in [6.45, 7) is 4.67. The van der Waals surface area contributed by atoms with E-state index in [1.807, 2.05) is 40.1 Å². The van der Waals surface area contributed by atoms with Crippen molar-refractivity contribution < 1.29 is 4.79 Å². The third kappa shape index (κ3) is 3.53. The second kappa shape index (κ2) is 6.35. The van der Waals surface area contributed by atoms with Crippen molar-refractivity contribution in [2.45, 2.75) is 19.9 Å². The van der Waals surface area contributed by atoms with Crippen molar-refractivity contribution >= 4 is 5.91 Å². The molecule has 1 aromatic rings. The number of nitrogens with one attached hydrogen (secondary N) is 1. The predicted octanol–water partition coefficient (Wildman–Crippen LogP) is 1.46. The summed E-state index contributed by atoms with van der Waals surface area (Å²) in [5, 5.41) is 3.02. The van der Waals surface area contributed by atoms with Crippen LogP contribution >= 0.6 is 0 Å². The number of carbonyl (C=O) groups is 1. The van der Waals surface area contributed by atoms with Gasteiger partial charge in [0.2, 0.25) is 5.91 Å². The summed E-state index contributed by atoms with van der Waals surface area (Å²) < 4.78 is 0. The Morgan fingerprint density at radius 1 is 1.41 bits per heavy atom. The monoisotopic (exact) mass is 235 g/mol. The molecule has 0 bridgehead atoms. The average molecular weight is 235 g/mol. The van der Waals surface area contributed by atoms with Crippen LogP contribution in [-0.4, -0.2) is 36.4 Å². The lowest BCUT2D eigenvalue weighted by Gasteiger charge is -2.28. The first kappa shape index (κ1) is 13.6. The van der Waals surface area contributed by atoms with Gasteiger partial charge in [-0.25, -0.2) is 0 Å². The molecule has 1 heterocycles. The van der Waals surface area contributed by atoms with Gasteiger partial charge in [0, 0.05) is 31.9 Å². The third-order valence-electron chi connectivity index (χ3n) is 3.05. The first-order valence-corrected chi connectivity index (χ1v) is 5.89. The Balaban J connectivity index is 2.70. The molecule has 0 aliphatic heterocycles. The largest absolute Gasteiger partial charge is 0.339 e. The summed E-state index contributed by atoms with van der Waals surface area (Å²) in [5.41, 5.74) is 1.10. The number of nitrogens with zero attached hydrogens (tertiary/aromatic N) is 2. The maximum atomic E-state index is 12.1. The van der Waals surface area contributed by atoms with E-state index in [1.54, 1.807) is 17.3 Å². The van der Waals surface area contributed by atoms with Crippen molar-refractivity contribution in [3.8, 4) is 0 Å². The highest BCUT2D eigenvalue weighted by Crippen LogP contribution is 2.19. The van der Waals surface area contributed by atoms with E-state index in [9.17, 15) is 4.79 Å². The highest BCUT2D eigenvalue weighted by atomic mass is 16.2. The molecule has 0 saturated carbocycles. The van der Waals surface area contributed by atoms with Crippen LogP contribution in [0.25, 0.3) is 0 Å². The zero-order valence-electron chi connectivity index (χ0n) is 11.0. The fraction of sp³-hybridized carbons (Fsp3) is 0.538. The number of hydrogen-bond acceptors (Lipinski definition) is 3. The highest BCUT2D eigenvalue weighted by Gasteiger charge is 2.21. The van der Waals surface area contributed by atoms with Crippen LogP contribution in [0.3, 0.4) is 0 Å². The summed E-state index contributed by atoms with van der Waals surface area (Å²) in [6.07, 6.45) is 3.50. The van der Waals surface area contributed by atoms with E-state index in [-0.39, 0.29) is 17.9 Å². The lowest BCUT2D eigenvalue weighted by Crippen LogP contribution is -2.37. The molecule has 0 saturated heterocycles. The smallest absolute Gasteiger partial charge is 0.226 e. The number of pyridine rings is 1. The number of aromatic nitrogens is 1. The van der Waals surface area contributed by atoms with Gasteiger partial charge in [-0.15, -0.1) is 0 Å². The minimum absolute atomic E-state index is 0.00529. The lowest BCUT2D eigenvalue weighted by molar-refractivity contribution is -0.135. The van der Waals surface area contributed by atoms with Crippen LogP contribution in [0.2, 0.25) is 0 Å². The minimum atomic E-state index is -0.00529. The summed E-state index contributed by atoms with van der Waals surface area (Å²) in [5.74, 6) is 0.151. The van der Waals surface area contributed by atoms with E-state index in [0.29, 0.717) is 6.54 Å². The van der Waals surface area contributed by atoms with E-state index < -0.39 is 0 Å². The van der Waals surface area contributed by atoms with Gasteiger partial charge in [0.25, 0.3) is 0 Å². The van der Waals surface area contributed by atoms with Crippen molar-refractivity contribution in [1.29, 1.82) is 0 Å². The Hall–Kier alpha value is -1.42. The molecule has 1 aromatic heterocycles. The van der Waals surface area contributed by atoms with Gasteiger partial charge >= 0.3 is 0 Å². The summed E-state index contributed by atoms with van der Waals surface area (Å²) in [7, 11) is 3.70. The van der Waals surface area contributed by atoms with Crippen LogP contribution in [0.1, 0.15) is 25.5 Å². The fourth-order valence-corrected chi connectivity index (χ4v) is 1.80. The van der Waals surface area contributed by atoms with Crippen LogP contribution in [0.4, 0.5) is 0 Å². The van der Waals surface area contributed by atoms with E-state index in [4.69, 9.17) is 0 Å². The van der Waals surface area contributed by atoms with Crippen LogP contribution in [0.15, 0.2) is 24.5 Å². The molecular weight excluding hydrogens is 214 g/mol. The van der Waals surface area contributed by atoms with Gasteiger partial charge in [-0.3, -0.25) is 9.78 Å². The SMILES string of the molecule is CNCC(C)C(=O)N(C)C(C)c1ccncc1. The lowest BCUT2D eigenvalue weighted by atomic mass is 10.1. The predicted molar refractivity (Wildman–Crippen MR) is 68.5 cm³/mol. The first-order valence-electron chi connectivity index (χ1n) is 5.89. The fourth-order valence-electron chi connectivity index (χ4n) is 1.80. The van der Waals surface area contributed by atoms with Crippen molar-refractivity contribution in [3.05, 3.63) is 30.1 Å². The van der Waals surface area contributed by atoms with Crippen LogP contribution in [0.5, 0.6) is 0 Å². The zero-order valence-corrected chi connectivity index (χ0v) is 11.0. The molecule has 2 unspecified atom stereocenters. The normalized spacial score (nSPS) is 14.1. The number of rotatable bonds is 5. The van der Waals surface area contributed by atoms with Crippen molar-refractivity contribution in [2.24, 2.45) is 5.92 Å².